The van der Waals surface area contributed by atoms with Gasteiger partial charge in [0.1, 0.15) is 18.2 Å². The van der Waals surface area contributed by atoms with Crippen LogP contribution in [0.2, 0.25) is 0 Å². The van der Waals surface area contributed by atoms with Crippen LogP contribution in [0.25, 0.3) is 11.0 Å². The summed E-state index contributed by atoms with van der Waals surface area (Å²) in [4.78, 5) is 4.69. The Morgan fingerprint density at radius 1 is 1.31 bits per heavy atom. The minimum absolute atomic E-state index is 0.175. The van der Waals surface area contributed by atoms with Crippen molar-refractivity contribution in [1.29, 1.82) is 5.26 Å². The number of fused-ring (bicyclic) bond motifs is 3. The monoisotopic (exact) mass is 348 g/mol. The predicted molar refractivity (Wildman–Crippen MR) is 97.8 cm³/mol. The van der Waals surface area contributed by atoms with Crippen LogP contribution in [0.5, 0.6) is 5.75 Å². The van der Waals surface area contributed by atoms with Crippen LogP contribution in [0.4, 0.5) is 0 Å². The molecule has 0 saturated heterocycles. The molecule has 2 aromatic carbocycles. The van der Waals surface area contributed by atoms with Gasteiger partial charge in [0.25, 0.3) is 0 Å². The number of benzene rings is 2. The lowest BCUT2D eigenvalue weighted by Gasteiger charge is -2.26. The zero-order chi connectivity index (χ0) is 17.9. The van der Waals surface area contributed by atoms with E-state index >= 15 is 0 Å². The van der Waals surface area contributed by atoms with E-state index in [0.717, 1.165) is 41.3 Å². The van der Waals surface area contributed by atoms with E-state index in [2.05, 4.69) is 20.9 Å². The Labute approximate surface area is 152 Å². The Balaban J connectivity index is 1.51. The van der Waals surface area contributed by atoms with Crippen LogP contribution in [-0.2, 0) is 17.9 Å². The second-order valence-corrected chi connectivity index (χ2v) is 6.36. The highest BCUT2D eigenvalue weighted by molar-refractivity contribution is 5.78. The number of rotatable bonds is 5. The zero-order valence-electron chi connectivity index (χ0n) is 14.6. The van der Waals surface area contributed by atoms with Gasteiger partial charge in [0.15, 0.2) is 0 Å². The molecule has 4 rings (SSSR count). The number of nitrogens with one attached hydrogen (secondary N) is 1. The Morgan fingerprint density at radius 2 is 2.15 bits per heavy atom. The van der Waals surface area contributed by atoms with Crippen molar-refractivity contribution in [3.05, 3.63) is 59.4 Å². The van der Waals surface area contributed by atoms with Crippen molar-refractivity contribution in [3.8, 4) is 11.8 Å². The summed E-state index contributed by atoms with van der Waals surface area (Å²) < 4.78 is 13.4. The molecule has 0 amide bonds. The molecule has 3 aromatic rings. The van der Waals surface area contributed by atoms with Gasteiger partial charge in [0.2, 0.25) is 0 Å². The summed E-state index contributed by atoms with van der Waals surface area (Å²) in [6, 6.07) is 15.9. The van der Waals surface area contributed by atoms with E-state index in [0.29, 0.717) is 18.8 Å². The Hall–Kier alpha value is -2.88. The maximum absolute atomic E-state index is 8.87. The van der Waals surface area contributed by atoms with E-state index < -0.39 is 0 Å². The summed E-state index contributed by atoms with van der Waals surface area (Å²) in [6.45, 7) is 2.70. The molecule has 1 aliphatic rings. The van der Waals surface area contributed by atoms with E-state index in [9.17, 15) is 0 Å². The molecule has 0 bridgehead atoms. The second kappa shape index (κ2) is 7.16. The highest BCUT2D eigenvalue weighted by atomic mass is 16.5. The molecule has 2 heterocycles. The molecule has 132 valence electrons. The Morgan fingerprint density at radius 3 is 2.92 bits per heavy atom. The molecule has 0 aliphatic carbocycles. The van der Waals surface area contributed by atoms with Gasteiger partial charge < -0.3 is 19.4 Å². The first-order valence-electron chi connectivity index (χ1n) is 8.61. The van der Waals surface area contributed by atoms with Gasteiger partial charge in [-0.05, 0) is 29.8 Å². The molecule has 1 unspecified atom stereocenters. The molecular formula is C20H20N4O2. The number of nitriles is 1. The fourth-order valence-corrected chi connectivity index (χ4v) is 3.35. The Bertz CT molecular complexity index is 956. The van der Waals surface area contributed by atoms with Crippen molar-refractivity contribution >= 4 is 11.0 Å². The predicted octanol–water partition coefficient (Wildman–Crippen LogP) is 2.78. The standard InChI is InChI=1S/C20H20N4O2/c1-25-17-6-7-18-19(8-17)24-16(12-26-13-20(24)23-18)11-22-10-15-4-2-14(9-21)3-5-15/h2-8,16,22H,10-13H2,1H3. The quantitative estimate of drug-likeness (QED) is 0.768. The van der Waals surface area contributed by atoms with Gasteiger partial charge >= 0.3 is 0 Å². The average molecular weight is 348 g/mol. The number of hydrogen-bond acceptors (Lipinski definition) is 5. The first-order valence-corrected chi connectivity index (χ1v) is 8.61. The van der Waals surface area contributed by atoms with Crippen molar-refractivity contribution < 1.29 is 9.47 Å². The number of aromatic nitrogens is 2. The van der Waals surface area contributed by atoms with Crippen LogP contribution in [-0.4, -0.2) is 29.8 Å². The lowest BCUT2D eigenvalue weighted by atomic mass is 10.1. The van der Waals surface area contributed by atoms with E-state index in [1.807, 2.05) is 42.5 Å². The summed E-state index contributed by atoms with van der Waals surface area (Å²) in [5.41, 5.74) is 3.87. The van der Waals surface area contributed by atoms with Gasteiger partial charge in [-0.3, -0.25) is 0 Å². The fourth-order valence-electron chi connectivity index (χ4n) is 3.35. The molecule has 1 atom stereocenters. The minimum atomic E-state index is 0.175. The number of imidazole rings is 1. The highest BCUT2D eigenvalue weighted by Gasteiger charge is 2.24. The molecule has 1 aromatic heterocycles. The van der Waals surface area contributed by atoms with Crippen LogP contribution in [0.15, 0.2) is 42.5 Å². The van der Waals surface area contributed by atoms with Crippen LogP contribution < -0.4 is 10.1 Å². The van der Waals surface area contributed by atoms with Gasteiger partial charge in [-0.15, -0.1) is 0 Å². The summed E-state index contributed by atoms with van der Waals surface area (Å²) in [5.74, 6) is 1.78. The van der Waals surface area contributed by atoms with E-state index in [1.54, 1.807) is 7.11 Å². The van der Waals surface area contributed by atoms with E-state index in [-0.39, 0.29) is 6.04 Å². The van der Waals surface area contributed by atoms with Crippen molar-refractivity contribution in [2.45, 2.75) is 19.2 Å². The summed E-state index contributed by atoms with van der Waals surface area (Å²) in [5, 5.41) is 12.4. The molecule has 0 spiro atoms. The maximum atomic E-state index is 8.87. The molecule has 1 N–H and O–H groups in total. The third-order valence-corrected chi connectivity index (χ3v) is 4.67. The fraction of sp³-hybridized carbons (Fsp3) is 0.300. The van der Waals surface area contributed by atoms with Crippen molar-refractivity contribution in [3.63, 3.8) is 0 Å². The number of hydrogen-bond donors (Lipinski definition) is 1. The van der Waals surface area contributed by atoms with Crippen LogP contribution >= 0.6 is 0 Å². The molecule has 6 heteroatoms. The van der Waals surface area contributed by atoms with Crippen LogP contribution in [0.3, 0.4) is 0 Å². The summed E-state index contributed by atoms with van der Waals surface area (Å²) in [6.07, 6.45) is 0. The number of ether oxygens (including phenoxy) is 2. The topological polar surface area (TPSA) is 72.1 Å². The maximum Gasteiger partial charge on any atom is 0.136 e. The number of nitrogens with zero attached hydrogens (tertiary/aromatic N) is 3. The largest absolute Gasteiger partial charge is 0.497 e. The third kappa shape index (κ3) is 3.15. The molecule has 1 aliphatic heterocycles. The van der Waals surface area contributed by atoms with Crippen LogP contribution in [0.1, 0.15) is 23.0 Å². The van der Waals surface area contributed by atoms with Gasteiger partial charge in [0, 0.05) is 19.2 Å². The molecule has 6 nitrogen and oxygen atoms in total. The second-order valence-electron chi connectivity index (χ2n) is 6.36. The number of methoxy groups -OCH3 is 1. The van der Waals surface area contributed by atoms with Gasteiger partial charge in [-0.25, -0.2) is 4.98 Å². The third-order valence-electron chi connectivity index (χ3n) is 4.67. The molecule has 0 fully saturated rings. The van der Waals surface area contributed by atoms with Gasteiger partial charge in [-0.1, -0.05) is 12.1 Å². The smallest absolute Gasteiger partial charge is 0.136 e. The minimum Gasteiger partial charge on any atom is -0.497 e. The zero-order valence-corrected chi connectivity index (χ0v) is 14.6. The van der Waals surface area contributed by atoms with Crippen LogP contribution in [0, 0.1) is 11.3 Å². The first-order chi connectivity index (χ1) is 12.8. The van der Waals surface area contributed by atoms with Crippen molar-refractivity contribution in [2.75, 3.05) is 20.3 Å². The van der Waals surface area contributed by atoms with Crippen molar-refractivity contribution in [1.82, 2.24) is 14.9 Å². The molecule has 0 radical (unpaired) electrons. The van der Waals surface area contributed by atoms with Gasteiger partial charge in [-0.2, -0.15) is 5.26 Å². The lowest BCUT2D eigenvalue weighted by molar-refractivity contribution is 0.0564. The average Bonchev–Trinajstić information content (AvgIpc) is 3.07. The normalized spacial score (nSPS) is 16.2. The molecular weight excluding hydrogens is 328 g/mol. The highest BCUT2D eigenvalue weighted by Crippen LogP contribution is 2.28. The van der Waals surface area contributed by atoms with E-state index in [4.69, 9.17) is 14.7 Å². The van der Waals surface area contributed by atoms with Crippen molar-refractivity contribution in [2.24, 2.45) is 0 Å². The molecule has 26 heavy (non-hydrogen) atoms. The first kappa shape index (κ1) is 16.6. The molecule has 0 saturated carbocycles. The van der Waals surface area contributed by atoms with Gasteiger partial charge in [0.05, 0.1) is 42.4 Å². The SMILES string of the molecule is COc1ccc2nc3n(c2c1)C(CNCc1ccc(C#N)cc1)COC3. The summed E-state index contributed by atoms with van der Waals surface area (Å²) >= 11 is 0. The Kier molecular flexibility index (Phi) is 4.57. The summed E-state index contributed by atoms with van der Waals surface area (Å²) in [7, 11) is 1.67. The lowest BCUT2D eigenvalue weighted by Crippen LogP contribution is -2.32. The van der Waals surface area contributed by atoms with E-state index in [1.165, 1.54) is 0 Å².